The lowest BCUT2D eigenvalue weighted by Gasteiger charge is -2.13. The van der Waals surface area contributed by atoms with Gasteiger partial charge in [-0.3, -0.25) is 20.2 Å². The van der Waals surface area contributed by atoms with E-state index in [9.17, 15) is 37.1 Å². The fraction of sp³-hybridized carbons (Fsp3) is 0.200. The second-order valence-electron chi connectivity index (χ2n) is 8.24. The van der Waals surface area contributed by atoms with Crippen LogP contribution in [-0.2, 0) is 25.7 Å². The lowest BCUT2D eigenvalue weighted by molar-refractivity contribution is -0.396. The topological polar surface area (TPSA) is 201 Å². The van der Waals surface area contributed by atoms with Crippen LogP contribution in [0.1, 0.15) is 11.1 Å². The highest BCUT2D eigenvalue weighted by molar-refractivity contribution is 7.93. The number of sulfone groups is 1. The Bertz CT molecular complexity index is 1740. The third-order valence-corrected chi connectivity index (χ3v) is 8.18. The van der Waals surface area contributed by atoms with Crippen LogP contribution in [0.4, 0.5) is 11.4 Å². The van der Waals surface area contributed by atoms with E-state index in [1.54, 1.807) is 0 Å². The maximum Gasteiger partial charge on any atom is 0.346 e. The van der Waals surface area contributed by atoms with Gasteiger partial charge in [-0.05, 0) is 29.8 Å². The van der Waals surface area contributed by atoms with Gasteiger partial charge in [-0.1, -0.05) is 6.07 Å². The largest absolute Gasteiger partial charge is 0.496 e. The van der Waals surface area contributed by atoms with Gasteiger partial charge < -0.3 is 23.1 Å². The van der Waals surface area contributed by atoms with E-state index < -0.39 is 57.6 Å². The minimum absolute atomic E-state index is 0.0810. The first-order chi connectivity index (χ1) is 19.7. The van der Waals surface area contributed by atoms with Crippen molar-refractivity contribution in [1.29, 1.82) is 0 Å². The number of hydrogen-bond acceptors (Lipinski definition) is 13. The molecule has 0 atom stereocenters. The Labute approximate surface area is 240 Å². The van der Waals surface area contributed by atoms with Crippen LogP contribution in [0.5, 0.6) is 28.7 Å². The Morgan fingerprint density at radius 1 is 0.738 bits per heavy atom. The lowest BCUT2D eigenvalue weighted by Crippen LogP contribution is -2.13. The fourth-order valence-electron chi connectivity index (χ4n) is 3.66. The molecule has 42 heavy (non-hydrogen) atoms. The minimum atomic E-state index is -4.94. The first-order valence-electron chi connectivity index (χ1n) is 11.5. The van der Waals surface area contributed by atoms with E-state index in [-0.39, 0.29) is 22.8 Å². The number of benzene rings is 3. The molecule has 3 aromatic carbocycles. The molecule has 0 saturated heterocycles. The molecule has 0 spiro atoms. The molecule has 3 rings (SSSR count). The molecule has 0 bridgehead atoms. The first kappa shape index (κ1) is 31.6. The molecule has 0 radical (unpaired) electrons. The van der Waals surface area contributed by atoms with Crippen LogP contribution in [0.2, 0.25) is 0 Å². The molecule has 0 aliphatic rings. The highest BCUT2D eigenvalue weighted by Crippen LogP contribution is 2.37. The van der Waals surface area contributed by atoms with Crippen molar-refractivity contribution in [3.8, 4) is 28.7 Å². The van der Waals surface area contributed by atoms with Gasteiger partial charge in [0.25, 0.3) is 11.4 Å². The van der Waals surface area contributed by atoms with E-state index >= 15 is 0 Å². The predicted molar refractivity (Wildman–Crippen MR) is 148 cm³/mol. The van der Waals surface area contributed by atoms with Gasteiger partial charge in [0.05, 0.1) is 55.7 Å². The van der Waals surface area contributed by atoms with Gasteiger partial charge in [0.1, 0.15) is 17.2 Å². The van der Waals surface area contributed by atoms with Crippen LogP contribution in [0.3, 0.4) is 0 Å². The van der Waals surface area contributed by atoms with Gasteiger partial charge in [0.2, 0.25) is 0 Å². The number of methoxy groups -OCH3 is 4. The molecule has 0 aliphatic carbocycles. The summed E-state index contributed by atoms with van der Waals surface area (Å²) in [6, 6.07) is 8.67. The van der Waals surface area contributed by atoms with Crippen LogP contribution in [0.25, 0.3) is 6.08 Å². The van der Waals surface area contributed by atoms with Crippen molar-refractivity contribution in [2.45, 2.75) is 10.6 Å². The predicted octanol–water partition coefficient (Wildman–Crippen LogP) is 3.89. The molecule has 0 aliphatic heterocycles. The molecule has 0 aromatic heterocycles. The Morgan fingerprint density at radius 2 is 1.36 bits per heavy atom. The minimum Gasteiger partial charge on any atom is -0.496 e. The maximum absolute atomic E-state index is 13.0. The van der Waals surface area contributed by atoms with Crippen LogP contribution < -0.4 is 23.1 Å². The van der Waals surface area contributed by atoms with Crippen LogP contribution in [-0.4, -0.2) is 55.1 Å². The van der Waals surface area contributed by atoms with Gasteiger partial charge in [0, 0.05) is 23.6 Å². The summed E-state index contributed by atoms with van der Waals surface area (Å²) >= 11 is 0. The van der Waals surface area contributed by atoms with E-state index in [0.717, 1.165) is 17.5 Å². The SMILES string of the molecule is COc1cc(OC)c(/C=C/S(=O)(=O)Cc2ccc(OC)c(OS(=O)(=O)c3ccc([N+](=O)[O-])cc3[N+](=O)[O-])c2)c(OC)c1. The Morgan fingerprint density at radius 3 is 1.88 bits per heavy atom. The van der Waals surface area contributed by atoms with Crippen molar-refractivity contribution in [1.82, 2.24) is 0 Å². The number of hydrogen-bond donors (Lipinski definition) is 0. The van der Waals surface area contributed by atoms with Crippen molar-refractivity contribution in [3.63, 3.8) is 0 Å². The van der Waals surface area contributed by atoms with Crippen molar-refractivity contribution in [2.75, 3.05) is 28.4 Å². The Balaban J connectivity index is 1.96. The zero-order valence-corrected chi connectivity index (χ0v) is 24.1. The molecule has 0 fully saturated rings. The smallest absolute Gasteiger partial charge is 0.346 e. The monoisotopic (exact) mass is 624 g/mol. The molecular formula is C25H24N2O13S2. The van der Waals surface area contributed by atoms with Crippen molar-refractivity contribution >= 4 is 37.4 Å². The average molecular weight is 625 g/mol. The molecule has 15 nitrogen and oxygen atoms in total. The second-order valence-corrected chi connectivity index (χ2v) is 11.6. The first-order valence-corrected chi connectivity index (χ1v) is 14.6. The summed E-state index contributed by atoms with van der Waals surface area (Å²) in [5, 5.41) is 23.4. The van der Waals surface area contributed by atoms with Crippen LogP contribution >= 0.6 is 0 Å². The number of ether oxygens (including phenoxy) is 4. The average Bonchev–Trinajstić information content (AvgIpc) is 2.94. The molecule has 0 N–H and O–H groups in total. The zero-order chi connectivity index (χ0) is 31.2. The van der Waals surface area contributed by atoms with Gasteiger partial charge in [-0.15, -0.1) is 0 Å². The summed E-state index contributed by atoms with van der Waals surface area (Å²) in [4.78, 5) is 19.5. The summed E-state index contributed by atoms with van der Waals surface area (Å²) < 4.78 is 77.9. The molecular weight excluding hydrogens is 600 g/mol. The molecule has 3 aromatic rings. The van der Waals surface area contributed by atoms with Gasteiger partial charge in [-0.25, -0.2) is 8.42 Å². The summed E-state index contributed by atoms with van der Waals surface area (Å²) in [6.07, 6.45) is 1.27. The number of nitrogens with zero attached hydrogens (tertiary/aromatic N) is 2. The lowest BCUT2D eigenvalue weighted by atomic mass is 10.1. The second kappa shape index (κ2) is 12.7. The summed E-state index contributed by atoms with van der Waals surface area (Å²) in [5.41, 5.74) is -1.39. The van der Waals surface area contributed by atoms with Gasteiger partial charge in [0.15, 0.2) is 26.2 Å². The van der Waals surface area contributed by atoms with E-state index in [1.807, 2.05) is 0 Å². The third kappa shape index (κ3) is 7.24. The van der Waals surface area contributed by atoms with Crippen LogP contribution in [0.15, 0.2) is 58.8 Å². The maximum atomic E-state index is 13.0. The molecule has 0 heterocycles. The van der Waals surface area contributed by atoms with Crippen LogP contribution in [0, 0.1) is 20.2 Å². The molecule has 17 heteroatoms. The standard InChI is InChI=1S/C25H24N2O13S2/c1-36-18-13-22(38-3)19(23(14-18)39-4)9-10-41(32,33)15-16-5-7-21(37-2)24(11-16)40-42(34,35)25-8-6-17(26(28)29)12-20(25)27(30)31/h5-14H,15H2,1-4H3/b10-9+. The van der Waals surface area contributed by atoms with Crippen molar-refractivity contribution in [3.05, 3.63) is 85.3 Å². The van der Waals surface area contributed by atoms with E-state index in [0.29, 0.717) is 23.4 Å². The fourth-order valence-corrected chi connectivity index (χ4v) is 5.83. The summed E-state index contributed by atoms with van der Waals surface area (Å²) in [6.45, 7) is 0. The quantitative estimate of drug-likeness (QED) is 0.151. The number of nitro groups is 2. The Kier molecular flexibility index (Phi) is 9.59. The van der Waals surface area contributed by atoms with E-state index in [2.05, 4.69) is 0 Å². The molecule has 0 amide bonds. The molecule has 0 unspecified atom stereocenters. The number of non-ortho nitro benzene ring substituents is 1. The third-order valence-electron chi connectivity index (χ3n) is 5.61. The summed E-state index contributed by atoms with van der Waals surface area (Å²) in [5.74, 6) is -0.231. The highest BCUT2D eigenvalue weighted by atomic mass is 32.2. The van der Waals surface area contributed by atoms with Gasteiger partial charge in [-0.2, -0.15) is 8.42 Å². The molecule has 0 saturated carbocycles. The van der Waals surface area contributed by atoms with Crippen molar-refractivity contribution < 1.29 is 49.8 Å². The zero-order valence-electron chi connectivity index (χ0n) is 22.5. The van der Waals surface area contributed by atoms with E-state index in [4.69, 9.17) is 23.1 Å². The highest BCUT2D eigenvalue weighted by Gasteiger charge is 2.31. The molecule has 224 valence electrons. The summed E-state index contributed by atoms with van der Waals surface area (Å²) in [7, 11) is -3.51. The van der Waals surface area contributed by atoms with E-state index in [1.165, 1.54) is 58.8 Å². The normalized spacial score (nSPS) is 11.6. The Hall–Kier alpha value is -4.90. The van der Waals surface area contributed by atoms with Gasteiger partial charge >= 0.3 is 10.1 Å². The number of rotatable bonds is 13. The number of nitro benzene ring substituents is 2. The van der Waals surface area contributed by atoms with Crippen molar-refractivity contribution in [2.24, 2.45) is 0 Å².